The summed E-state index contributed by atoms with van der Waals surface area (Å²) in [5, 5.41) is 16.0. The SMILES string of the molecule is NC(=O)c1ccc(N2CCC(C(=O)O)(C(F)(F)F)C2)nn1. The molecular weight excluding hydrogens is 293 g/mol. The summed E-state index contributed by atoms with van der Waals surface area (Å²) >= 11 is 0. The first-order chi connectivity index (χ1) is 9.67. The molecule has 2 rings (SSSR count). The maximum Gasteiger partial charge on any atom is 0.406 e. The van der Waals surface area contributed by atoms with Gasteiger partial charge in [0.1, 0.15) is 0 Å². The summed E-state index contributed by atoms with van der Waals surface area (Å²) in [6, 6.07) is 2.50. The number of amides is 1. The van der Waals surface area contributed by atoms with Crippen LogP contribution in [-0.4, -0.2) is 46.4 Å². The van der Waals surface area contributed by atoms with E-state index in [1.165, 1.54) is 17.0 Å². The number of carbonyl (C=O) groups is 2. The molecule has 114 valence electrons. The van der Waals surface area contributed by atoms with Gasteiger partial charge < -0.3 is 15.7 Å². The van der Waals surface area contributed by atoms with Crippen molar-refractivity contribution in [1.29, 1.82) is 0 Å². The molecule has 0 radical (unpaired) electrons. The van der Waals surface area contributed by atoms with Crippen LogP contribution in [0, 0.1) is 5.41 Å². The second-order valence-corrected chi connectivity index (χ2v) is 4.70. The molecular formula is C11H11F3N4O3. The van der Waals surface area contributed by atoms with Crippen molar-refractivity contribution in [3.05, 3.63) is 17.8 Å². The maximum absolute atomic E-state index is 13.0. The number of nitrogens with zero attached hydrogens (tertiary/aromatic N) is 3. The number of carboxylic acid groups (broad SMARTS) is 1. The van der Waals surface area contributed by atoms with Crippen LogP contribution >= 0.6 is 0 Å². The first-order valence-corrected chi connectivity index (χ1v) is 5.86. The Bertz CT molecular complexity index is 575. The molecule has 0 aliphatic carbocycles. The van der Waals surface area contributed by atoms with Gasteiger partial charge in [0.2, 0.25) is 0 Å². The Labute approximate surface area is 116 Å². The number of alkyl halides is 3. The lowest BCUT2D eigenvalue weighted by Crippen LogP contribution is -2.47. The average molecular weight is 304 g/mol. The summed E-state index contributed by atoms with van der Waals surface area (Å²) in [7, 11) is 0. The molecule has 21 heavy (non-hydrogen) atoms. The zero-order valence-corrected chi connectivity index (χ0v) is 10.6. The number of aliphatic carboxylic acids is 1. The van der Waals surface area contributed by atoms with Crippen LogP contribution in [-0.2, 0) is 4.79 Å². The van der Waals surface area contributed by atoms with Gasteiger partial charge in [0.25, 0.3) is 5.91 Å². The van der Waals surface area contributed by atoms with Gasteiger partial charge >= 0.3 is 12.1 Å². The van der Waals surface area contributed by atoms with Crippen LogP contribution in [0.4, 0.5) is 19.0 Å². The zero-order chi connectivity index (χ0) is 15.8. The van der Waals surface area contributed by atoms with Crippen LogP contribution in [0.15, 0.2) is 12.1 Å². The quantitative estimate of drug-likeness (QED) is 0.837. The topological polar surface area (TPSA) is 109 Å². The molecule has 10 heteroatoms. The van der Waals surface area contributed by atoms with Crippen molar-refractivity contribution in [3.8, 4) is 0 Å². The standard InChI is InChI=1S/C11H11F3N4O3/c12-11(13,14)10(9(20)21)3-4-18(5-10)7-2-1-6(8(15)19)16-17-7/h1-2H,3-5H2,(H2,15,19)(H,20,21). The Balaban J connectivity index is 2.25. The van der Waals surface area contributed by atoms with Crippen molar-refractivity contribution in [2.24, 2.45) is 11.1 Å². The summed E-state index contributed by atoms with van der Waals surface area (Å²) in [4.78, 5) is 23.0. The van der Waals surface area contributed by atoms with Crippen LogP contribution in [0.25, 0.3) is 0 Å². The van der Waals surface area contributed by atoms with Gasteiger partial charge in [0, 0.05) is 13.1 Å². The fraction of sp³-hybridized carbons (Fsp3) is 0.455. The molecule has 2 heterocycles. The summed E-state index contributed by atoms with van der Waals surface area (Å²) in [6.07, 6.45) is -5.45. The molecule has 1 unspecified atom stereocenters. The molecule has 0 bridgehead atoms. The Hall–Kier alpha value is -2.39. The molecule has 1 aliphatic heterocycles. The third-order valence-electron chi connectivity index (χ3n) is 3.45. The Morgan fingerprint density at radius 3 is 2.38 bits per heavy atom. The highest BCUT2D eigenvalue weighted by atomic mass is 19.4. The number of nitrogens with two attached hydrogens (primary N) is 1. The lowest BCUT2D eigenvalue weighted by molar-refractivity contribution is -0.225. The number of carboxylic acids is 1. The van der Waals surface area contributed by atoms with E-state index < -0.39 is 36.4 Å². The van der Waals surface area contributed by atoms with Crippen molar-refractivity contribution >= 4 is 17.7 Å². The number of carbonyl (C=O) groups excluding carboxylic acids is 1. The lowest BCUT2D eigenvalue weighted by Gasteiger charge is -2.27. The maximum atomic E-state index is 13.0. The summed E-state index contributed by atoms with van der Waals surface area (Å²) in [5.41, 5.74) is 2.03. The Morgan fingerprint density at radius 2 is 2.00 bits per heavy atom. The van der Waals surface area contributed by atoms with Crippen molar-refractivity contribution in [3.63, 3.8) is 0 Å². The minimum Gasteiger partial charge on any atom is -0.481 e. The summed E-state index contributed by atoms with van der Waals surface area (Å²) in [5.74, 6) is -2.67. The Morgan fingerprint density at radius 1 is 1.33 bits per heavy atom. The molecule has 0 spiro atoms. The van der Waals surface area contributed by atoms with E-state index in [-0.39, 0.29) is 18.1 Å². The number of aromatic nitrogens is 2. The molecule has 1 saturated heterocycles. The third kappa shape index (κ3) is 2.48. The molecule has 0 aromatic carbocycles. The molecule has 3 N–H and O–H groups in total. The fourth-order valence-electron chi connectivity index (χ4n) is 2.16. The number of anilines is 1. The highest BCUT2D eigenvalue weighted by molar-refractivity contribution is 5.90. The molecule has 1 fully saturated rings. The van der Waals surface area contributed by atoms with E-state index in [1.54, 1.807) is 0 Å². The minimum absolute atomic E-state index is 0.0624. The van der Waals surface area contributed by atoms with Crippen LogP contribution in [0.1, 0.15) is 16.9 Å². The predicted octanol–water partition coefficient (Wildman–Crippen LogP) is 0.419. The van der Waals surface area contributed by atoms with Gasteiger partial charge in [-0.05, 0) is 18.6 Å². The van der Waals surface area contributed by atoms with Gasteiger partial charge in [-0.3, -0.25) is 9.59 Å². The monoisotopic (exact) mass is 304 g/mol. The molecule has 7 nitrogen and oxygen atoms in total. The first-order valence-electron chi connectivity index (χ1n) is 5.86. The van der Waals surface area contributed by atoms with E-state index >= 15 is 0 Å². The van der Waals surface area contributed by atoms with E-state index in [4.69, 9.17) is 10.8 Å². The van der Waals surface area contributed by atoms with Gasteiger partial charge in [-0.2, -0.15) is 13.2 Å². The van der Waals surface area contributed by atoms with Crippen LogP contribution in [0.2, 0.25) is 0 Å². The van der Waals surface area contributed by atoms with Crippen molar-refractivity contribution < 1.29 is 27.9 Å². The van der Waals surface area contributed by atoms with Crippen LogP contribution in [0.5, 0.6) is 0 Å². The van der Waals surface area contributed by atoms with E-state index in [0.29, 0.717) is 0 Å². The third-order valence-corrected chi connectivity index (χ3v) is 3.45. The summed E-state index contributed by atoms with van der Waals surface area (Å²) in [6.45, 7) is -0.882. The summed E-state index contributed by atoms with van der Waals surface area (Å²) < 4.78 is 39.1. The lowest BCUT2D eigenvalue weighted by atomic mass is 9.86. The van der Waals surface area contributed by atoms with Crippen LogP contribution in [0.3, 0.4) is 0 Å². The zero-order valence-electron chi connectivity index (χ0n) is 10.6. The Kier molecular flexibility index (Phi) is 3.47. The number of halogens is 3. The van der Waals surface area contributed by atoms with Gasteiger partial charge in [-0.15, -0.1) is 10.2 Å². The van der Waals surface area contributed by atoms with Crippen molar-refractivity contribution in [2.45, 2.75) is 12.6 Å². The highest BCUT2D eigenvalue weighted by Crippen LogP contribution is 2.46. The van der Waals surface area contributed by atoms with Gasteiger partial charge in [-0.25, -0.2) is 0 Å². The van der Waals surface area contributed by atoms with Crippen molar-refractivity contribution in [1.82, 2.24) is 10.2 Å². The molecule has 1 amide bonds. The molecule has 1 aromatic rings. The van der Waals surface area contributed by atoms with E-state index in [0.717, 1.165) is 0 Å². The van der Waals surface area contributed by atoms with E-state index in [9.17, 15) is 22.8 Å². The van der Waals surface area contributed by atoms with Gasteiger partial charge in [0.05, 0.1) is 0 Å². The molecule has 0 saturated carbocycles. The molecule has 1 atom stereocenters. The number of primary amides is 1. The van der Waals surface area contributed by atoms with Crippen molar-refractivity contribution in [2.75, 3.05) is 18.0 Å². The smallest absolute Gasteiger partial charge is 0.406 e. The number of hydrogen-bond donors (Lipinski definition) is 2. The number of rotatable bonds is 3. The second kappa shape index (κ2) is 4.86. The largest absolute Gasteiger partial charge is 0.481 e. The van der Waals surface area contributed by atoms with Gasteiger partial charge in [-0.1, -0.05) is 0 Å². The fourth-order valence-corrected chi connectivity index (χ4v) is 2.16. The molecule has 1 aliphatic rings. The minimum atomic E-state index is -4.87. The van der Waals surface area contributed by atoms with E-state index in [1.807, 2.05) is 0 Å². The highest BCUT2D eigenvalue weighted by Gasteiger charge is 2.63. The predicted molar refractivity (Wildman–Crippen MR) is 63.5 cm³/mol. The van der Waals surface area contributed by atoms with Gasteiger partial charge in [0.15, 0.2) is 16.9 Å². The number of hydrogen-bond acceptors (Lipinski definition) is 5. The normalized spacial score (nSPS) is 22.3. The van der Waals surface area contributed by atoms with Crippen LogP contribution < -0.4 is 10.6 Å². The second-order valence-electron chi connectivity index (χ2n) is 4.70. The average Bonchev–Trinajstić information content (AvgIpc) is 2.84. The van der Waals surface area contributed by atoms with E-state index in [2.05, 4.69) is 10.2 Å². The molecule has 1 aromatic heterocycles. The first kappa shape index (κ1) is 15.0.